The number of rotatable bonds is 0. The van der Waals surface area contributed by atoms with Crippen LogP contribution in [-0.2, 0) is 0 Å². The summed E-state index contributed by atoms with van der Waals surface area (Å²) in [5.74, 6) is 1.39. The first-order chi connectivity index (χ1) is 5.38. The van der Waals surface area contributed by atoms with Gasteiger partial charge in [0, 0.05) is 0 Å². The summed E-state index contributed by atoms with van der Waals surface area (Å²) in [6, 6.07) is 0. The van der Waals surface area contributed by atoms with E-state index in [4.69, 9.17) is 0 Å². The highest BCUT2D eigenvalue weighted by Crippen LogP contribution is 2.33. The number of hydrogen-bond donors (Lipinski definition) is 2. The zero-order chi connectivity index (χ0) is 7.68. The third-order valence-corrected chi connectivity index (χ3v) is 3.24. The highest BCUT2D eigenvalue weighted by molar-refractivity contribution is 4.86. The van der Waals surface area contributed by atoms with Gasteiger partial charge in [-0.05, 0) is 44.2 Å². The van der Waals surface area contributed by atoms with E-state index in [0.29, 0.717) is 5.92 Å². The van der Waals surface area contributed by atoms with Crippen molar-refractivity contribution in [2.75, 3.05) is 13.1 Å². The lowest BCUT2D eigenvalue weighted by Gasteiger charge is -2.39. The van der Waals surface area contributed by atoms with Gasteiger partial charge in [0.25, 0.3) is 0 Å². The highest BCUT2D eigenvalue weighted by Gasteiger charge is 2.33. The van der Waals surface area contributed by atoms with E-state index in [-0.39, 0.29) is 6.10 Å². The van der Waals surface area contributed by atoms with Crippen molar-refractivity contribution in [3.05, 3.63) is 0 Å². The van der Waals surface area contributed by atoms with E-state index in [2.05, 4.69) is 5.32 Å². The molecule has 2 aliphatic rings. The molecule has 0 amide bonds. The lowest BCUT2D eigenvalue weighted by atomic mass is 9.74. The van der Waals surface area contributed by atoms with E-state index in [0.717, 1.165) is 25.4 Å². The molecule has 0 unspecified atom stereocenters. The van der Waals surface area contributed by atoms with E-state index >= 15 is 0 Å². The van der Waals surface area contributed by atoms with Crippen LogP contribution in [0, 0.1) is 11.8 Å². The molecule has 1 saturated carbocycles. The highest BCUT2D eigenvalue weighted by atomic mass is 16.3. The van der Waals surface area contributed by atoms with Crippen LogP contribution >= 0.6 is 0 Å². The Kier molecular flexibility index (Phi) is 2.14. The first-order valence-electron chi connectivity index (χ1n) is 4.76. The van der Waals surface area contributed by atoms with Crippen molar-refractivity contribution in [3.8, 4) is 0 Å². The maximum Gasteiger partial charge on any atom is 0.0572 e. The minimum atomic E-state index is 0.0100. The Morgan fingerprint density at radius 3 is 2.91 bits per heavy atom. The van der Waals surface area contributed by atoms with Crippen LogP contribution in [-0.4, -0.2) is 24.3 Å². The molecule has 0 aromatic carbocycles. The fourth-order valence-electron chi connectivity index (χ4n) is 2.57. The summed E-state index contributed by atoms with van der Waals surface area (Å²) in [5, 5.41) is 13.1. The van der Waals surface area contributed by atoms with Gasteiger partial charge >= 0.3 is 0 Å². The summed E-state index contributed by atoms with van der Waals surface area (Å²) >= 11 is 0. The number of aliphatic hydroxyl groups excluding tert-OH is 1. The lowest BCUT2D eigenvalue weighted by molar-refractivity contribution is 0.0167. The Morgan fingerprint density at radius 1 is 1.18 bits per heavy atom. The van der Waals surface area contributed by atoms with Crippen LogP contribution in [0.15, 0.2) is 0 Å². The van der Waals surface area contributed by atoms with Crippen molar-refractivity contribution < 1.29 is 5.11 Å². The van der Waals surface area contributed by atoms with Gasteiger partial charge in [-0.2, -0.15) is 0 Å². The molecule has 1 heterocycles. The Morgan fingerprint density at radius 2 is 2.09 bits per heavy atom. The first-order valence-corrected chi connectivity index (χ1v) is 4.76. The zero-order valence-electron chi connectivity index (χ0n) is 6.92. The number of piperidine rings is 1. The van der Waals surface area contributed by atoms with Gasteiger partial charge in [0.1, 0.15) is 0 Å². The predicted octanol–water partition coefficient (Wildman–Crippen LogP) is 0.757. The van der Waals surface area contributed by atoms with Gasteiger partial charge in [-0.15, -0.1) is 0 Å². The average molecular weight is 155 g/mol. The number of hydrogen-bond acceptors (Lipinski definition) is 2. The summed E-state index contributed by atoms with van der Waals surface area (Å²) in [5.41, 5.74) is 0. The van der Waals surface area contributed by atoms with Crippen LogP contribution in [0.4, 0.5) is 0 Å². The SMILES string of the molecule is O[C@@H]1CCC[C@H]2CNCC[C@H]21. The van der Waals surface area contributed by atoms with E-state index in [1.165, 1.54) is 19.3 Å². The first kappa shape index (κ1) is 7.56. The maximum absolute atomic E-state index is 9.68. The molecule has 11 heavy (non-hydrogen) atoms. The van der Waals surface area contributed by atoms with Gasteiger partial charge in [0.15, 0.2) is 0 Å². The van der Waals surface area contributed by atoms with Crippen LogP contribution in [0.5, 0.6) is 0 Å². The monoisotopic (exact) mass is 155 g/mol. The zero-order valence-corrected chi connectivity index (χ0v) is 6.92. The minimum absolute atomic E-state index is 0.0100. The van der Waals surface area contributed by atoms with E-state index in [9.17, 15) is 5.11 Å². The van der Waals surface area contributed by atoms with Crippen molar-refractivity contribution >= 4 is 0 Å². The normalized spacial score (nSPS) is 45.0. The molecule has 1 aliphatic heterocycles. The topological polar surface area (TPSA) is 32.3 Å². The summed E-state index contributed by atoms with van der Waals surface area (Å²) in [6.45, 7) is 2.25. The second kappa shape index (κ2) is 3.11. The average Bonchev–Trinajstić information content (AvgIpc) is 2.06. The maximum atomic E-state index is 9.68. The molecule has 2 fully saturated rings. The molecule has 1 saturated heterocycles. The number of nitrogens with one attached hydrogen (secondary N) is 1. The minimum Gasteiger partial charge on any atom is -0.393 e. The van der Waals surface area contributed by atoms with Gasteiger partial charge in [-0.25, -0.2) is 0 Å². The summed E-state index contributed by atoms with van der Waals surface area (Å²) < 4.78 is 0. The molecule has 2 N–H and O–H groups in total. The molecule has 1 aliphatic carbocycles. The largest absolute Gasteiger partial charge is 0.393 e. The van der Waals surface area contributed by atoms with Gasteiger partial charge < -0.3 is 10.4 Å². The Hall–Kier alpha value is -0.0800. The Labute approximate surface area is 68.0 Å². The molecule has 64 valence electrons. The summed E-state index contributed by atoms with van der Waals surface area (Å²) in [6.07, 6.45) is 4.79. The smallest absolute Gasteiger partial charge is 0.0572 e. The molecular formula is C9H17NO. The van der Waals surface area contributed by atoms with E-state index < -0.39 is 0 Å². The van der Waals surface area contributed by atoms with Crippen LogP contribution < -0.4 is 5.32 Å². The van der Waals surface area contributed by atoms with Crippen LogP contribution in [0.2, 0.25) is 0 Å². The van der Waals surface area contributed by atoms with E-state index in [1.807, 2.05) is 0 Å². The standard InChI is InChI=1S/C9H17NO/c11-9-3-1-2-7-6-10-5-4-8(7)9/h7-11H,1-6H2/t7-,8+,9+/m0/s1. The molecule has 2 nitrogen and oxygen atoms in total. The fourth-order valence-corrected chi connectivity index (χ4v) is 2.57. The molecule has 0 bridgehead atoms. The third-order valence-electron chi connectivity index (χ3n) is 3.24. The Bertz CT molecular complexity index is 136. The second-order valence-corrected chi connectivity index (χ2v) is 3.91. The van der Waals surface area contributed by atoms with Crippen molar-refractivity contribution in [1.82, 2.24) is 5.32 Å². The molecule has 0 aromatic heterocycles. The fraction of sp³-hybridized carbons (Fsp3) is 1.00. The predicted molar refractivity (Wildman–Crippen MR) is 44.3 cm³/mol. The van der Waals surface area contributed by atoms with Crippen molar-refractivity contribution in [2.24, 2.45) is 11.8 Å². The van der Waals surface area contributed by atoms with Crippen molar-refractivity contribution in [3.63, 3.8) is 0 Å². The van der Waals surface area contributed by atoms with Crippen molar-refractivity contribution in [2.45, 2.75) is 31.8 Å². The van der Waals surface area contributed by atoms with Crippen LogP contribution in [0.3, 0.4) is 0 Å². The van der Waals surface area contributed by atoms with Gasteiger partial charge in [-0.1, -0.05) is 6.42 Å². The molecule has 3 atom stereocenters. The van der Waals surface area contributed by atoms with Gasteiger partial charge in [0.2, 0.25) is 0 Å². The lowest BCUT2D eigenvalue weighted by Crippen LogP contribution is -2.44. The van der Waals surface area contributed by atoms with Crippen molar-refractivity contribution in [1.29, 1.82) is 0 Å². The number of aliphatic hydroxyl groups is 1. The molecule has 2 rings (SSSR count). The summed E-state index contributed by atoms with van der Waals surface area (Å²) in [4.78, 5) is 0. The van der Waals surface area contributed by atoms with Gasteiger partial charge in [-0.3, -0.25) is 0 Å². The van der Waals surface area contributed by atoms with E-state index in [1.54, 1.807) is 0 Å². The van der Waals surface area contributed by atoms with Crippen LogP contribution in [0.1, 0.15) is 25.7 Å². The molecule has 2 heteroatoms. The van der Waals surface area contributed by atoms with Gasteiger partial charge in [0.05, 0.1) is 6.10 Å². The number of fused-ring (bicyclic) bond motifs is 1. The molecular weight excluding hydrogens is 138 g/mol. The van der Waals surface area contributed by atoms with Crippen LogP contribution in [0.25, 0.3) is 0 Å². The third kappa shape index (κ3) is 1.42. The quantitative estimate of drug-likeness (QED) is 0.541. The second-order valence-electron chi connectivity index (χ2n) is 3.91. The molecule has 0 radical (unpaired) electrons. The Balaban J connectivity index is 1.99. The molecule has 0 spiro atoms. The summed E-state index contributed by atoms with van der Waals surface area (Å²) in [7, 11) is 0. The molecule has 0 aromatic rings.